The van der Waals surface area contributed by atoms with Gasteiger partial charge in [0, 0.05) is 13.2 Å². The number of rotatable bonds is 3. The van der Waals surface area contributed by atoms with Crippen LogP contribution in [-0.4, -0.2) is 12.0 Å². The van der Waals surface area contributed by atoms with Gasteiger partial charge in [-0.1, -0.05) is 33.8 Å². The predicted octanol–water partition coefficient (Wildman–Crippen LogP) is 2.93. The van der Waals surface area contributed by atoms with Crippen molar-refractivity contribution in [1.29, 1.82) is 0 Å². The molecule has 1 unspecified atom stereocenters. The molecule has 1 heterocycles. The smallest absolute Gasteiger partial charge is 0.145 e. The van der Waals surface area contributed by atoms with Gasteiger partial charge in [-0.3, -0.25) is 5.01 Å². The van der Waals surface area contributed by atoms with Crippen molar-refractivity contribution in [2.75, 3.05) is 12.1 Å². The van der Waals surface area contributed by atoms with Gasteiger partial charge < -0.3 is 0 Å². The summed E-state index contributed by atoms with van der Waals surface area (Å²) in [6.45, 7) is 8.99. The molecule has 0 saturated carbocycles. The van der Waals surface area contributed by atoms with Crippen LogP contribution in [0.25, 0.3) is 0 Å². The van der Waals surface area contributed by atoms with Crippen molar-refractivity contribution in [2.24, 2.45) is 11.3 Å². The van der Waals surface area contributed by atoms with E-state index in [4.69, 9.17) is 5.84 Å². The van der Waals surface area contributed by atoms with Gasteiger partial charge in [-0.15, -0.1) is 0 Å². The number of pyridine rings is 1. The van der Waals surface area contributed by atoms with E-state index >= 15 is 0 Å². The Labute approximate surface area is 98.6 Å². The Hall–Kier alpha value is -1.09. The van der Waals surface area contributed by atoms with Gasteiger partial charge in [-0.2, -0.15) is 0 Å². The minimum atomic E-state index is 0.225. The number of aromatic nitrogens is 1. The third-order valence-corrected chi connectivity index (χ3v) is 2.98. The molecule has 0 bridgehead atoms. The van der Waals surface area contributed by atoms with E-state index in [-0.39, 0.29) is 5.41 Å². The maximum Gasteiger partial charge on any atom is 0.145 e. The Balaban J connectivity index is 3.20. The van der Waals surface area contributed by atoms with Gasteiger partial charge in [0.15, 0.2) is 0 Å². The monoisotopic (exact) mass is 221 g/mol. The Kier molecular flexibility index (Phi) is 3.92. The second kappa shape index (κ2) is 4.83. The SMILES string of the molecule is CCC(c1cccnc1N(C)N)C(C)(C)C. The van der Waals surface area contributed by atoms with Crippen LogP contribution in [0.4, 0.5) is 5.82 Å². The zero-order chi connectivity index (χ0) is 12.3. The fourth-order valence-corrected chi connectivity index (χ4v) is 2.27. The summed E-state index contributed by atoms with van der Waals surface area (Å²) in [6.07, 6.45) is 2.88. The molecule has 1 atom stereocenters. The minimum absolute atomic E-state index is 0.225. The van der Waals surface area contributed by atoms with Crippen LogP contribution in [0.5, 0.6) is 0 Å². The van der Waals surface area contributed by atoms with Gasteiger partial charge in [0.1, 0.15) is 5.82 Å². The summed E-state index contributed by atoms with van der Waals surface area (Å²) in [5, 5.41) is 1.60. The first-order valence-corrected chi connectivity index (χ1v) is 5.81. The van der Waals surface area contributed by atoms with Crippen molar-refractivity contribution in [1.82, 2.24) is 4.98 Å². The summed E-state index contributed by atoms with van der Waals surface area (Å²) < 4.78 is 0. The summed E-state index contributed by atoms with van der Waals surface area (Å²) in [5.74, 6) is 7.17. The van der Waals surface area contributed by atoms with Crippen LogP contribution in [0.2, 0.25) is 0 Å². The number of hydrazine groups is 1. The first kappa shape index (κ1) is 13.0. The third kappa shape index (κ3) is 2.73. The lowest BCUT2D eigenvalue weighted by Crippen LogP contribution is -2.29. The average Bonchev–Trinajstić information content (AvgIpc) is 2.17. The molecule has 1 aromatic rings. The Morgan fingerprint density at radius 3 is 2.50 bits per heavy atom. The van der Waals surface area contributed by atoms with Gasteiger partial charge in [-0.05, 0) is 29.4 Å². The average molecular weight is 221 g/mol. The molecule has 0 aromatic carbocycles. The van der Waals surface area contributed by atoms with E-state index in [9.17, 15) is 0 Å². The Bertz CT molecular complexity index is 339. The van der Waals surface area contributed by atoms with Crippen molar-refractivity contribution in [3.05, 3.63) is 23.9 Å². The summed E-state index contributed by atoms with van der Waals surface area (Å²) in [6, 6.07) is 4.11. The molecule has 3 nitrogen and oxygen atoms in total. The van der Waals surface area contributed by atoms with Crippen molar-refractivity contribution in [3.63, 3.8) is 0 Å². The highest BCUT2D eigenvalue weighted by atomic mass is 15.4. The molecule has 0 fully saturated rings. The van der Waals surface area contributed by atoms with E-state index in [1.165, 1.54) is 5.56 Å². The zero-order valence-corrected chi connectivity index (χ0v) is 11.0. The first-order chi connectivity index (χ1) is 7.38. The van der Waals surface area contributed by atoms with E-state index in [0.717, 1.165) is 12.2 Å². The predicted molar refractivity (Wildman–Crippen MR) is 69.3 cm³/mol. The van der Waals surface area contributed by atoms with Crippen LogP contribution >= 0.6 is 0 Å². The highest BCUT2D eigenvalue weighted by Gasteiger charge is 2.27. The molecular formula is C13H23N3. The number of nitrogens with two attached hydrogens (primary N) is 1. The van der Waals surface area contributed by atoms with E-state index in [1.54, 1.807) is 11.2 Å². The number of hydrogen-bond acceptors (Lipinski definition) is 3. The molecule has 1 aromatic heterocycles. The number of hydrogen-bond donors (Lipinski definition) is 1. The molecule has 0 aliphatic rings. The molecule has 0 radical (unpaired) electrons. The summed E-state index contributed by atoms with van der Waals surface area (Å²) in [4.78, 5) is 4.36. The van der Waals surface area contributed by atoms with Crippen molar-refractivity contribution in [3.8, 4) is 0 Å². The van der Waals surface area contributed by atoms with Crippen LogP contribution < -0.4 is 10.9 Å². The van der Waals surface area contributed by atoms with Crippen molar-refractivity contribution in [2.45, 2.75) is 40.0 Å². The third-order valence-electron chi connectivity index (χ3n) is 2.98. The van der Waals surface area contributed by atoms with Crippen LogP contribution in [0.15, 0.2) is 18.3 Å². The highest BCUT2D eigenvalue weighted by Crippen LogP contribution is 2.40. The minimum Gasteiger partial charge on any atom is -0.298 e. The van der Waals surface area contributed by atoms with E-state index in [1.807, 2.05) is 13.1 Å². The fourth-order valence-electron chi connectivity index (χ4n) is 2.27. The van der Waals surface area contributed by atoms with Crippen molar-refractivity contribution < 1.29 is 0 Å². The van der Waals surface area contributed by atoms with Crippen LogP contribution in [0.3, 0.4) is 0 Å². The lowest BCUT2D eigenvalue weighted by atomic mass is 9.75. The molecule has 0 aliphatic carbocycles. The van der Waals surface area contributed by atoms with Gasteiger partial charge >= 0.3 is 0 Å². The second-order valence-electron chi connectivity index (χ2n) is 5.35. The standard InChI is InChI=1S/C13H23N3/c1-6-11(13(2,3)4)10-8-7-9-15-12(10)16(5)14/h7-9,11H,6,14H2,1-5H3. The number of anilines is 1. The Morgan fingerprint density at radius 2 is 2.06 bits per heavy atom. The quantitative estimate of drug-likeness (QED) is 0.630. The van der Waals surface area contributed by atoms with E-state index < -0.39 is 0 Å². The lowest BCUT2D eigenvalue weighted by Gasteiger charge is -2.32. The van der Waals surface area contributed by atoms with Crippen LogP contribution in [0.1, 0.15) is 45.6 Å². The molecule has 0 aliphatic heterocycles. The lowest BCUT2D eigenvalue weighted by molar-refractivity contribution is 0.312. The molecular weight excluding hydrogens is 198 g/mol. The van der Waals surface area contributed by atoms with Gasteiger partial charge in [0.25, 0.3) is 0 Å². The maximum absolute atomic E-state index is 5.82. The van der Waals surface area contributed by atoms with Gasteiger partial charge in [0.05, 0.1) is 0 Å². The molecule has 16 heavy (non-hydrogen) atoms. The molecule has 0 spiro atoms. The maximum atomic E-state index is 5.82. The summed E-state index contributed by atoms with van der Waals surface area (Å²) in [5.41, 5.74) is 1.46. The van der Waals surface area contributed by atoms with Crippen molar-refractivity contribution >= 4 is 5.82 Å². The second-order valence-corrected chi connectivity index (χ2v) is 5.35. The topological polar surface area (TPSA) is 42.2 Å². The van der Waals surface area contributed by atoms with Crippen LogP contribution in [0, 0.1) is 5.41 Å². The fraction of sp³-hybridized carbons (Fsp3) is 0.615. The van der Waals surface area contributed by atoms with Gasteiger partial charge in [-0.25, -0.2) is 10.8 Å². The highest BCUT2D eigenvalue weighted by molar-refractivity contribution is 5.47. The van der Waals surface area contributed by atoms with E-state index in [2.05, 4.69) is 38.7 Å². The van der Waals surface area contributed by atoms with Crippen LogP contribution in [-0.2, 0) is 0 Å². The number of nitrogens with zero attached hydrogens (tertiary/aromatic N) is 2. The Morgan fingerprint density at radius 1 is 1.44 bits per heavy atom. The summed E-state index contributed by atoms with van der Waals surface area (Å²) in [7, 11) is 1.83. The normalized spacial score (nSPS) is 13.6. The molecule has 1 rings (SSSR count). The molecule has 0 saturated heterocycles. The summed E-state index contributed by atoms with van der Waals surface area (Å²) >= 11 is 0. The van der Waals surface area contributed by atoms with Gasteiger partial charge in [0.2, 0.25) is 0 Å². The molecule has 2 N–H and O–H groups in total. The first-order valence-electron chi connectivity index (χ1n) is 5.81. The zero-order valence-electron chi connectivity index (χ0n) is 11.0. The molecule has 3 heteroatoms. The van der Waals surface area contributed by atoms with E-state index in [0.29, 0.717) is 5.92 Å². The molecule has 0 amide bonds. The molecule has 90 valence electrons. The largest absolute Gasteiger partial charge is 0.298 e.